The summed E-state index contributed by atoms with van der Waals surface area (Å²) in [5.41, 5.74) is 0.231. The Hall–Kier alpha value is -2.51. The molecule has 0 aliphatic carbocycles. The van der Waals surface area contributed by atoms with Crippen molar-refractivity contribution < 1.29 is 9.72 Å². The minimum Gasteiger partial charge on any atom is -0.309 e. The van der Waals surface area contributed by atoms with E-state index in [0.717, 1.165) is 6.20 Å². The predicted molar refractivity (Wildman–Crippen MR) is 54.8 cm³/mol. The summed E-state index contributed by atoms with van der Waals surface area (Å²) >= 11 is 0. The first kappa shape index (κ1) is 10.0. The third kappa shape index (κ3) is 1.67. The van der Waals surface area contributed by atoms with Crippen LogP contribution >= 0.6 is 0 Å². The van der Waals surface area contributed by atoms with Gasteiger partial charge in [-0.1, -0.05) is 0 Å². The molecule has 0 saturated carbocycles. The molecule has 0 aliphatic rings. The fraction of sp³-hybridized carbons (Fsp3) is 0.125. The summed E-state index contributed by atoms with van der Waals surface area (Å²) in [5.74, 6) is -0.0707. The van der Waals surface area contributed by atoms with Crippen LogP contribution in [0.5, 0.6) is 0 Å². The predicted octanol–water partition coefficient (Wildman–Crippen LogP) is 0.824. The van der Waals surface area contributed by atoms with Crippen molar-refractivity contribution in [3.8, 4) is 0 Å². The van der Waals surface area contributed by atoms with E-state index in [4.69, 9.17) is 0 Å². The van der Waals surface area contributed by atoms with E-state index in [1.165, 1.54) is 13.0 Å². The van der Waals surface area contributed by atoms with Gasteiger partial charge in [-0.15, -0.1) is 0 Å². The molecule has 0 radical (unpaired) electrons. The molecule has 0 aliphatic heterocycles. The topological polar surface area (TPSA) is 114 Å². The number of hydrogen-bond donors (Lipinski definition) is 2. The van der Waals surface area contributed by atoms with Crippen molar-refractivity contribution in [2.45, 2.75) is 6.92 Å². The Morgan fingerprint density at radius 1 is 1.62 bits per heavy atom. The second-order valence-corrected chi connectivity index (χ2v) is 3.10. The molecule has 0 fully saturated rings. The molecular formula is C8H7N5O3. The van der Waals surface area contributed by atoms with E-state index in [1.807, 2.05) is 0 Å². The zero-order valence-electron chi connectivity index (χ0n) is 8.22. The number of pyridine rings is 1. The van der Waals surface area contributed by atoms with E-state index >= 15 is 0 Å². The normalized spacial score (nSPS) is 10.3. The standard InChI is InChI=1S/C8H7N5O3/c1-4(14)10-8-6-2-5(13(15)16)3-9-7(6)11-12-8/h2-3H,1H3,(H2,9,10,11,12,14). The van der Waals surface area contributed by atoms with Crippen molar-refractivity contribution in [1.82, 2.24) is 15.2 Å². The number of H-pyrrole nitrogens is 1. The lowest BCUT2D eigenvalue weighted by Gasteiger charge is -1.96. The highest BCUT2D eigenvalue weighted by atomic mass is 16.6. The van der Waals surface area contributed by atoms with E-state index in [1.54, 1.807) is 0 Å². The lowest BCUT2D eigenvalue weighted by Crippen LogP contribution is -2.06. The van der Waals surface area contributed by atoms with Gasteiger partial charge in [0.25, 0.3) is 5.69 Å². The molecule has 0 aromatic carbocycles. The Bertz CT molecular complexity index is 576. The van der Waals surface area contributed by atoms with Crippen molar-refractivity contribution in [3.63, 3.8) is 0 Å². The number of anilines is 1. The Labute approximate surface area is 88.8 Å². The van der Waals surface area contributed by atoms with Crippen LogP contribution in [0.4, 0.5) is 11.5 Å². The van der Waals surface area contributed by atoms with Crippen molar-refractivity contribution in [2.75, 3.05) is 5.32 Å². The number of amides is 1. The zero-order chi connectivity index (χ0) is 11.7. The van der Waals surface area contributed by atoms with Gasteiger partial charge in [0.2, 0.25) is 5.91 Å². The van der Waals surface area contributed by atoms with Crippen LogP contribution in [0.2, 0.25) is 0 Å². The molecule has 0 unspecified atom stereocenters. The van der Waals surface area contributed by atoms with Crippen molar-refractivity contribution in [3.05, 3.63) is 22.4 Å². The monoisotopic (exact) mass is 221 g/mol. The minimum absolute atomic E-state index is 0.152. The Balaban J connectivity index is 2.55. The van der Waals surface area contributed by atoms with Gasteiger partial charge < -0.3 is 5.32 Å². The molecule has 8 heteroatoms. The van der Waals surface area contributed by atoms with Crippen LogP contribution in [0.15, 0.2) is 12.3 Å². The van der Waals surface area contributed by atoms with Crippen LogP contribution in [-0.4, -0.2) is 26.0 Å². The van der Waals surface area contributed by atoms with Gasteiger partial charge in [-0.2, -0.15) is 5.10 Å². The van der Waals surface area contributed by atoms with Crippen LogP contribution in [0.3, 0.4) is 0 Å². The molecule has 0 saturated heterocycles. The number of nitro groups is 1. The SMILES string of the molecule is CC(=O)Nc1n[nH]c2ncc([N+](=O)[O-])cc12. The molecule has 0 bridgehead atoms. The fourth-order valence-electron chi connectivity index (χ4n) is 1.25. The first-order valence-electron chi connectivity index (χ1n) is 4.34. The van der Waals surface area contributed by atoms with Gasteiger partial charge in [0.05, 0.1) is 10.3 Å². The summed E-state index contributed by atoms with van der Waals surface area (Å²) in [7, 11) is 0. The zero-order valence-corrected chi connectivity index (χ0v) is 8.22. The minimum atomic E-state index is -0.559. The average Bonchev–Trinajstić information content (AvgIpc) is 2.60. The van der Waals surface area contributed by atoms with Gasteiger partial charge in [0.1, 0.15) is 6.20 Å². The highest BCUT2D eigenvalue weighted by Gasteiger charge is 2.13. The molecule has 1 amide bonds. The average molecular weight is 221 g/mol. The number of rotatable bonds is 2. The number of hydrogen-bond acceptors (Lipinski definition) is 5. The number of aromatic amines is 1. The summed E-state index contributed by atoms with van der Waals surface area (Å²) in [4.78, 5) is 24.7. The first-order chi connectivity index (χ1) is 7.58. The van der Waals surface area contributed by atoms with Gasteiger partial charge in [0, 0.05) is 13.0 Å². The van der Waals surface area contributed by atoms with Crippen molar-refractivity contribution in [2.24, 2.45) is 0 Å². The number of fused-ring (bicyclic) bond motifs is 1. The van der Waals surface area contributed by atoms with Crippen LogP contribution in [0.25, 0.3) is 11.0 Å². The number of carbonyl (C=O) groups excluding carboxylic acids is 1. The molecule has 2 heterocycles. The molecule has 8 nitrogen and oxygen atoms in total. The molecule has 82 valence electrons. The number of nitrogens with one attached hydrogen (secondary N) is 2. The van der Waals surface area contributed by atoms with E-state index in [9.17, 15) is 14.9 Å². The van der Waals surface area contributed by atoms with Crippen molar-refractivity contribution >= 4 is 28.4 Å². The Morgan fingerprint density at radius 2 is 2.38 bits per heavy atom. The molecule has 16 heavy (non-hydrogen) atoms. The molecule has 2 N–H and O–H groups in total. The van der Waals surface area contributed by atoms with Gasteiger partial charge in [-0.3, -0.25) is 20.0 Å². The molecule has 2 aromatic heterocycles. The first-order valence-corrected chi connectivity index (χ1v) is 4.34. The lowest BCUT2D eigenvalue weighted by atomic mass is 10.3. The van der Waals surface area contributed by atoms with E-state index in [2.05, 4.69) is 20.5 Å². The number of nitrogens with zero attached hydrogens (tertiary/aromatic N) is 3. The Morgan fingerprint density at radius 3 is 3.00 bits per heavy atom. The van der Waals surface area contributed by atoms with Crippen LogP contribution < -0.4 is 5.32 Å². The van der Waals surface area contributed by atoms with Gasteiger partial charge >= 0.3 is 0 Å². The lowest BCUT2D eigenvalue weighted by molar-refractivity contribution is -0.385. The largest absolute Gasteiger partial charge is 0.309 e. The maximum Gasteiger partial charge on any atom is 0.288 e. The molecular weight excluding hydrogens is 214 g/mol. The van der Waals surface area contributed by atoms with Crippen LogP contribution in [0, 0.1) is 10.1 Å². The maximum atomic E-state index is 10.9. The van der Waals surface area contributed by atoms with E-state index in [-0.39, 0.29) is 17.4 Å². The quantitative estimate of drug-likeness (QED) is 0.575. The summed E-state index contributed by atoms with van der Waals surface area (Å²) in [6.45, 7) is 1.32. The van der Waals surface area contributed by atoms with Gasteiger partial charge in [-0.05, 0) is 0 Å². The van der Waals surface area contributed by atoms with Crippen LogP contribution in [-0.2, 0) is 4.79 Å². The molecule has 0 atom stereocenters. The number of carbonyl (C=O) groups is 1. The second-order valence-electron chi connectivity index (χ2n) is 3.10. The van der Waals surface area contributed by atoms with Crippen molar-refractivity contribution in [1.29, 1.82) is 0 Å². The summed E-state index contributed by atoms with van der Waals surface area (Å²) in [6.07, 6.45) is 1.12. The summed E-state index contributed by atoms with van der Waals surface area (Å²) < 4.78 is 0. The third-order valence-electron chi connectivity index (χ3n) is 1.91. The fourth-order valence-corrected chi connectivity index (χ4v) is 1.25. The smallest absolute Gasteiger partial charge is 0.288 e. The maximum absolute atomic E-state index is 10.9. The van der Waals surface area contributed by atoms with Gasteiger partial charge in [0.15, 0.2) is 11.5 Å². The third-order valence-corrected chi connectivity index (χ3v) is 1.91. The molecule has 0 spiro atoms. The summed E-state index contributed by atoms with van der Waals surface area (Å²) in [5, 5.41) is 19.8. The number of aromatic nitrogens is 3. The highest BCUT2D eigenvalue weighted by Crippen LogP contribution is 2.22. The van der Waals surface area contributed by atoms with Gasteiger partial charge in [-0.25, -0.2) is 4.98 Å². The van der Waals surface area contributed by atoms with Crippen LogP contribution in [0.1, 0.15) is 6.92 Å². The van der Waals surface area contributed by atoms with E-state index in [0.29, 0.717) is 11.0 Å². The highest BCUT2D eigenvalue weighted by molar-refractivity contribution is 5.98. The van der Waals surface area contributed by atoms with E-state index < -0.39 is 4.92 Å². The molecule has 2 aromatic rings. The molecule has 2 rings (SSSR count). The Kier molecular flexibility index (Phi) is 2.24. The summed E-state index contributed by atoms with van der Waals surface area (Å²) in [6, 6.07) is 1.30. The second kappa shape index (κ2) is 3.57.